The Morgan fingerprint density at radius 1 is 1.14 bits per heavy atom. The van der Waals surface area contributed by atoms with Gasteiger partial charge in [0, 0.05) is 12.2 Å². The molecule has 29 heavy (non-hydrogen) atoms. The van der Waals surface area contributed by atoms with Crippen molar-refractivity contribution in [2.24, 2.45) is 4.99 Å². The third kappa shape index (κ3) is 5.15. The van der Waals surface area contributed by atoms with Gasteiger partial charge in [0.1, 0.15) is 17.2 Å². The molecule has 0 saturated carbocycles. The van der Waals surface area contributed by atoms with Gasteiger partial charge in [0.15, 0.2) is 5.17 Å². The molecule has 0 atom stereocenters. The highest BCUT2D eigenvalue weighted by molar-refractivity contribution is 8.14. The van der Waals surface area contributed by atoms with Crippen LogP contribution in [-0.2, 0) is 9.59 Å². The second-order valence-electron chi connectivity index (χ2n) is 6.98. The first-order valence-corrected chi connectivity index (χ1v) is 10.4. The summed E-state index contributed by atoms with van der Waals surface area (Å²) in [5.41, 5.74) is 4.19. The van der Waals surface area contributed by atoms with Crippen molar-refractivity contribution in [3.63, 3.8) is 0 Å². The lowest BCUT2D eigenvalue weighted by Crippen LogP contribution is -2.30. The Balaban J connectivity index is 1.95. The van der Waals surface area contributed by atoms with Gasteiger partial charge in [-0.2, -0.15) is 0 Å². The minimum absolute atomic E-state index is 0.120. The number of benzene rings is 2. The zero-order chi connectivity index (χ0) is 21.0. The molecule has 1 aliphatic heterocycles. The topological polar surface area (TPSA) is 59.0 Å². The number of nitrogens with zero attached hydrogens (tertiary/aromatic N) is 2. The zero-order valence-corrected chi connectivity index (χ0v) is 17.9. The Bertz CT molecular complexity index is 973. The number of ether oxygens (including phenoxy) is 1. The summed E-state index contributed by atoms with van der Waals surface area (Å²) in [5.74, 6) is 1.29. The molecule has 2 aromatic carbocycles. The van der Waals surface area contributed by atoms with Crippen molar-refractivity contribution in [1.82, 2.24) is 0 Å². The lowest BCUT2D eigenvalue weighted by molar-refractivity contribution is -0.116. The largest absolute Gasteiger partial charge is 0.497 e. The number of amidine groups is 1. The van der Waals surface area contributed by atoms with E-state index >= 15 is 0 Å². The predicted octanol–water partition coefficient (Wildman–Crippen LogP) is 4.77. The molecule has 0 radical (unpaired) electrons. The second-order valence-corrected chi connectivity index (χ2v) is 8.05. The highest BCUT2D eigenvalue weighted by Gasteiger charge is 2.32. The number of hydrogen-bond donors (Lipinski definition) is 0. The molecule has 3 rings (SSSR count). The molecule has 0 saturated heterocycles. The SMILES string of the molecule is COc1ccc(/C=C2\N=C(SCCC(C)=O)N(c3cc(C)cc(C)c3)C2=O)cc1. The van der Waals surface area contributed by atoms with Crippen LogP contribution in [0.3, 0.4) is 0 Å². The molecule has 0 bridgehead atoms. The summed E-state index contributed by atoms with van der Waals surface area (Å²) >= 11 is 1.42. The minimum Gasteiger partial charge on any atom is -0.497 e. The maximum absolute atomic E-state index is 13.2. The van der Waals surface area contributed by atoms with Crippen LogP contribution in [-0.4, -0.2) is 29.7 Å². The van der Waals surface area contributed by atoms with Crippen molar-refractivity contribution in [1.29, 1.82) is 0 Å². The summed E-state index contributed by atoms with van der Waals surface area (Å²) in [7, 11) is 1.62. The number of Topliss-reactive ketones (excluding diaryl/α,β-unsaturated/α-hetero) is 1. The van der Waals surface area contributed by atoms with Crippen LogP contribution in [0, 0.1) is 13.8 Å². The van der Waals surface area contributed by atoms with E-state index in [-0.39, 0.29) is 11.7 Å². The molecule has 5 nitrogen and oxygen atoms in total. The number of carbonyl (C=O) groups excluding carboxylic acids is 2. The molecule has 0 fully saturated rings. The van der Waals surface area contributed by atoms with Gasteiger partial charge in [-0.15, -0.1) is 0 Å². The smallest absolute Gasteiger partial charge is 0.283 e. The number of aryl methyl sites for hydroxylation is 2. The van der Waals surface area contributed by atoms with Crippen molar-refractivity contribution in [2.45, 2.75) is 27.2 Å². The molecule has 0 unspecified atom stereocenters. The summed E-state index contributed by atoms with van der Waals surface area (Å²) in [5, 5.41) is 0.598. The molecular formula is C23H24N2O3S. The quantitative estimate of drug-likeness (QED) is 0.646. The number of hydrogen-bond acceptors (Lipinski definition) is 5. The average molecular weight is 409 g/mol. The summed E-state index contributed by atoms with van der Waals surface area (Å²) in [6.45, 7) is 5.58. The van der Waals surface area contributed by atoms with Crippen LogP contribution >= 0.6 is 11.8 Å². The summed E-state index contributed by atoms with van der Waals surface area (Å²) < 4.78 is 5.18. The van der Waals surface area contributed by atoms with Crippen molar-refractivity contribution in [2.75, 3.05) is 17.8 Å². The van der Waals surface area contributed by atoms with Gasteiger partial charge in [-0.3, -0.25) is 14.5 Å². The van der Waals surface area contributed by atoms with Crippen molar-refractivity contribution < 1.29 is 14.3 Å². The Morgan fingerprint density at radius 3 is 2.38 bits per heavy atom. The molecule has 1 aliphatic rings. The van der Waals surface area contributed by atoms with Gasteiger partial charge in [0.2, 0.25) is 0 Å². The lowest BCUT2D eigenvalue weighted by Gasteiger charge is -2.19. The summed E-state index contributed by atoms with van der Waals surface area (Å²) in [6, 6.07) is 13.5. The van der Waals surface area contributed by atoms with Gasteiger partial charge in [0.25, 0.3) is 5.91 Å². The fraction of sp³-hybridized carbons (Fsp3) is 0.261. The van der Waals surface area contributed by atoms with Crippen molar-refractivity contribution in [3.8, 4) is 5.75 Å². The first kappa shape index (κ1) is 20.9. The third-order valence-electron chi connectivity index (χ3n) is 4.40. The van der Waals surface area contributed by atoms with Gasteiger partial charge < -0.3 is 4.74 Å². The number of ketones is 1. The van der Waals surface area contributed by atoms with Crippen LogP contribution in [0.1, 0.15) is 30.0 Å². The van der Waals surface area contributed by atoms with Gasteiger partial charge in [-0.1, -0.05) is 30.0 Å². The van der Waals surface area contributed by atoms with E-state index in [2.05, 4.69) is 11.1 Å². The van der Waals surface area contributed by atoms with Gasteiger partial charge in [-0.05, 0) is 67.8 Å². The number of aliphatic imine (C=N–C) groups is 1. The predicted molar refractivity (Wildman–Crippen MR) is 120 cm³/mol. The maximum atomic E-state index is 13.2. The molecule has 0 aromatic heterocycles. The fourth-order valence-corrected chi connectivity index (χ4v) is 4.10. The van der Waals surface area contributed by atoms with E-state index in [1.807, 2.05) is 50.2 Å². The number of amides is 1. The third-order valence-corrected chi connectivity index (χ3v) is 5.34. The number of rotatable bonds is 6. The van der Waals surface area contributed by atoms with E-state index in [1.165, 1.54) is 11.8 Å². The van der Waals surface area contributed by atoms with Gasteiger partial charge in [-0.25, -0.2) is 4.99 Å². The number of thioether (sulfide) groups is 1. The van der Waals surface area contributed by atoms with Crippen molar-refractivity contribution >= 4 is 40.4 Å². The van der Waals surface area contributed by atoms with E-state index < -0.39 is 0 Å². The number of anilines is 1. The van der Waals surface area contributed by atoms with Crippen molar-refractivity contribution in [3.05, 3.63) is 64.9 Å². The fourth-order valence-electron chi connectivity index (χ4n) is 3.04. The van der Waals surface area contributed by atoms with Crippen LogP contribution in [0.25, 0.3) is 6.08 Å². The summed E-state index contributed by atoms with van der Waals surface area (Å²) in [4.78, 5) is 30.8. The van der Waals surface area contributed by atoms with E-state index in [0.29, 0.717) is 23.0 Å². The average Bonchev–Trinajstić information content (AvgIpc) is 2.96. The van der Waals surface area contributed by atoms with E-state index in [9.17, 15) is 9.59 Å². The molecule has 6 heteroatoms. The Labute approximate surface area is 175 Å². The normalized spacial score (nSPS) is 15.0. The molecule has 2 aromatic rings. The Kier molecular flexibility index (Phi) is 6.54. The van der Waals surface area contributed by atoms with Gasteiger partial charge in [0.05, 0.1) is 12.8 Å². The standard InChI is InChI=1S/C23H24N2O3S/c1-15-11-16(2)13-19(12-15)25-22(27)21(24-23(25)29-10-9-17(3)26)14-18-5-7-20(28-4)8-6-18/h5-8,11-14H,9-10H2,1-4H3/b21-14-. The molecule has 0 spiro atoms. The van der Waals surface area contributed by atoms with Crippen LogP contribution in [0.15, 0.2) is 53.2 Å². The van der Waals surface area contributed by atoms with E-state index in [1.54, 1.807) is 25.0 Å². The molecule has 150 valence electrons. The van der Waals surface area contributed by atoms with Crippen LogP contribution < -0.4 is 9.64 Å². The monoisotopic (exact) mass is 408 g/mol. The van der Waals surface area contributed by atoms with Crippen LogP contribution in [0.5, 0.6) is 5.75 Å². The van der Waals surface area contributed by atoms with Gasteiger partial charge >= 0.3 is 0 Å². The zero-order valence-electron chi connectivity index (χ0n) is 17.1. The summed E-state index contributed by atoms with van der Waals surface area (Å²) in [6.07, 6.45) is 2.21. The molecule has 0 aliphatic carbocycles. The lowest BCUT2D eigenvalue weighted by atomic mass is 10.1. The van der Waals surface area contributed by atoms with Crippen LogP contribution in [0.4, 0.5) is 5.69 Å². The van der Waals surface area contributed by atoms with Crippen LogP contribution in [0.2, 0.25) is 0 Å². The number of methoxy groups -OCH3 is 1. The molecular weight excluding hydrogens is 384 g/mol. The number of carbonyl (C=O) groups is 2. The molecule has 1 heterocycles. The second kappa shape index (κ2) is 9.09. The first-order chi connectivity index (χ1) is 13.9. The Morgan fingerprint density at radius 2 is 1.79 bits per heavy atom. The van der Waals surface area contributed by atoms with E-state index in [0.717, 1.165) is 28.1 Å². The minimum atomic E-state index is -0.170. The highest BCUT2D eigenvalue weighted by atomic mass is 32.2. The van der Waals surface area contributed by atoms with E-state index in [4.69, 9.17) is 4.74 Å². The molecule has 0 N–H and O–H groups in total. The highest BCUT2D eigenvalue weighted by Crippen LogP contribution is 2.31. The first-order valence-electron chi connectivity index (χ1n) is 9.37. The maximum Gasteiger partial charge on any atom is 0.283 e. The molecule has 1 amide bonds. The Hall–Kier alpha value is -2.86.